The Balaban J connectivity index is 2.42. The van der Waals surface area contributed by atoms with Crippen LogP contribution in [-0.2, 0) is 9.59 Å². The fourth-order valence-corrected chi connectivity index (χ4v) is 2.15. The number of carbonyl (C=O) groups excluding carboxylic acids is 2. The molecule has 1 unspecified atom stereocenters. The van der Waals surface area contributed by atoms with Gasteiger partial charge in [-0.25, -0.2) is 4.90 Å². The van der Waals surface area contributed by atoms with Gasteiger partial charge in [0.1, 0.15) is 0 Å². The molecule has 1 saturated heterocycles. The van der Waals surface area contributed by atoms with Gasteiger partial charge in [0.05, 0.1) is 11.7 Å². The van der Waals surface area contributed by atoms with Gasteiger partial charge in [0.15, 0.2) is 0 Å². The third-order valence-corrected chi connectivity index (χ3v) is 3.22. The number of piperidine rings is 1. The van der Waals surface area contributed by atoms with E-state index in [1.165, 1.54) is 0 Å². The van der Waals surface area contributed by atoms with Crippen molar-refractivity contribution in [1.29, 1.82) is 0 Å². The van der Waals surface area contributed by atoms with Crippen LogP contribution in [0.3, 0.4) is 0 Å². The second-order valence-electron chi connectivity index (χ2n) is 3.66. The second kappa shape index (κ2) is 4.35. The summed E-state index contributed by atoms with van der Waals surface area (Å²) in [6, 6.07) is 6.53. The molecule has 84 valence electrons. The Labute approximate surface area is 102 Å². The molecule has 1 aromatic rings. The number of hydrogen-bond acceptors (Lipinski definition) is 3. The molecule has 5 heteroatoms. The lowest BCUT2D eigenvalue weighted by Crippen LogP contribution is -2.51. The molecule has 2 N–H and O–H groups in total. The smallest absolute Gasteiger partial charge is 0.250 e. The Morgan fingerprint density at radius 3 is 2.69 bits per heavy atom. The normalized spacial score (nSPS) is 21.4. The molecular weight excluding hydrogens is 272 g/mol. The topological polar surface area (TPSA) is 63.4 Å². The van der Waals surface area contributed by atoms with Crippen molar-refractivity contribution in [3.05, 3.63) is 28.7 Å². The second-order valence-corrected chi connectivity index (χ2v) is 4.52. The molecule has 1 atom stereocenters. The standard InChI is InChI=1S/C11H11BrN2O2/c12-7-3-1-2-4-9(7)14-10(15)6-5-8(13)11(14)16/h1-4,8H,5-6,13H2. The Morgan fingerprint density at radius 2 is 2.00 bits per heavy atom. The van der Waals surface area contributed by atoms with Gasteiger partial charge in [-0.15, -0.1) is 0 Å². The molecule has 1 aliphatic rings. The van der Waals surface area contributed by atoms with Crippen molar-refractivity contribution < 1.29 is 9.59 Å². The van der Waals surface area contributed by atoms with Crippen LogP contribution < -0.4 is 10.6 Å². The van der Waals surface area contributed by atoms with E-state index in [0.717, 1.165) is 4.90 Å². The summed E-state index contributed by atoms with van der Waals surface area (Å²) in [5.41, 5.74) is 6.22. The quantitative estimate of drug-likeness (QED) is 0.793. The summed E-state index contributed by atoms with van der Waals surface area (Å²) in [5.74, 6) is -0.526. The van der Waals surface area contributed by atoms with Gasteiger partial charge >= 0.3 is 0 Å². The monoisotopic (exact) mass is 282 g/mol. The molecule has 1 aromatic carbocycles. The van der Waals surface area contributed by atoms with E-state index in [-0.39, 0.29) is 11.8 Å². The van der Waals surface area contributed by atoms with Gasteiger partial charge < -0.3 is 5.73 Å². The predicted octanol–water partition coefficient (Wildman–Crippen LogP) is 1.43. The number of benzene rings is 1. The first kappa shape index (κ1) is 11.3. The summed E-state index contributed by atoms with van der Waals surface area (Å²) in [6.45, 7) is 0. The van der Waals surface area contributed by atoms with E-state index in [9.17, 15) is 9.59 Å². The number of nitrogens with zero attached hydrogens (tertiary/aromatic N) is 1. The van der Waals surface area contributed by atoms with Gasteiger partial charge in [-0.1, -0.05) is 12.1 Å². The summed E-state index contributed by atoms with van der Waals surface area (Å²) in [7, 11) is 0. The van der Waals surface area contributed by atoms with Crippen LogP contribution in [0, 0.1) is 0 Å². The van der Waals surface area contributed by atoms with Crippen LogP contribution >= 0.6 is 15.9 Å². The summed E-state index contributed by atoms with van der Waals surface area (Å²) in [4.78, 5) is 24.7. The van der Waals surface area contributed by atoms with E-state index < -0.39 is 6.04 Å². The number of carbonyl (C=O) groups is 2. The molecule has 1 fully saturated rings. The Bertz CT molecular complexity index is 447. The molecule has 2 amide bonds. The number of halogens is 1. The molecule has 1 aliphatic heterocycles. The molecule has 0 radical (unpaired) electrons. The third kappa shape index (κ3) is 1.88. The highest BCUT2D eigenvalue weighted by molar-refractivity contribution is 9.10. The van der Waals surface area contributed by atoms with Gasteiger partial charge in [-0.3, -0.25) is 9.59 Å². The minimum atomic E-state index is -0.579. The molecule has 0 aromatic heterocycles. The van der Waals surface area contributed by atoms with E-state index >= 15 is 0 Å². The van der Waals surface area contributed by atoms with Gasteiger partial charge in [-0.05, 0) is 34.5 Å². The van der Waals surface area contributed by atoms with Crippen LogP contribution in [0.5, 0.6) is 0 Å². The fourth-order valence-electron chi connectivity index (χ4n) is 1.69. The Morgan fingerprint density at radius 1 is 1.31 bits per heavy atom. The minimum Gasteiger partial charge on any atom is -0.320 e. The average Bonchev–Trinajstić information content (AvgIpc) is 2.27. The number of anilines is 1. The predicted molar refractivity (Wildman–Crippen MR) is 63.8 cm³/mol. The number of imide groups is 1. The molecule has 0 bridgehead atoms. The van der Waals surface area contributed by atoms with Crippen LogP contribution in [0.2, 0.25) is 0 Å². The number of rotatable bonds is 1. The van der Waals surface area contributed by atoms with E-state index in [2.05, 4.69) is 15.9 Å². The zero-order valence-corrected chi connectivity index (χ0v) is 10.1. The molecule has 0 aliphatic carbocycles. The molecule has 1 heterocycles. The number of amides is 2. The summed E-state index contributed by atoms with van der Waals surface area (Å²) in [6.07, 6.45) is 0.743. The molecule has 2 rings (SSSR count). The first-order valence-corrected chi connectivity index (χ1v) is 5.77. The summed E-state index contributed by atoms with van der Waals surface area (Å²) in [5, 5.41) is 0. The zero-order valence-electron chi connectivity index (χ0n) is 8.52. The molecule has 16 heavy (non-hydrogen) atoms. The molecular formula is C11H11BrN2O2. The Hall–Kier alpha value is -1.20. The lowest BCUT2D eigenvalue weighted by atomic mass is 10.0. The summed E-state index contributed by atoms with van der Waals surface area (Å²) >= 11 is 3.32. The highest BCUT2D eigenvalue weighted by Gasteiger charge is 2.33. The van der Waals surface area contributed by atoms with Crippen molar-refractivity contribution in [3.63, 3.8) is 0 Å². The highest BCUT2D eigenvalue weighted by atomic mass is 79.9. The van der Waals surface area contributed by atoms with Crippen LogP contribution in [-0.4, -0.2) is 17.9 Å². The number of nitrogens with two attached hydrogens (primary N) is 1. The van der Waals surface area contributed by atoms with Crippen molar-refractivity contribution in [2.75, 3.05) is 4.90 Å². The van der Waals surface area contributed by atoms with Crippen LogP contribution in [0.1, 0.15) is 12.8 Å². The highest BCUT2D eigenvalue weighted by Crippen LogP contribution is 2.29. The number of para-hydroxylation sites is 1. The van der Waals surface area contributed by atoms with Crippen molar-refractivity contribution in [3.8, 4) is 0 Å². The number of hydrogen-bond donors (Lipinski definition) is 1. The van der Waals surface area contributed by atoms with E-state index in [1.54, 1.807) is 18.2 Å². The largest absolute Gasteiger partial charge is 0.320 e. The van der Waals surface area contributed by atoms with E-state index in [4.69, 9.17) is 5.73 Å². The zero-order chi connectivity index (χ0) is 11.7. The third-order valence-electron chi connectivity index (χ3n) is 2.55. The van der Waals surface area contributed by atoms with E-state index in [0.29, 0.717) is 23.0 Å². The molecule has 0 saturated carbocycles. The van der Waals surface area contributed by atoms with Gasteiger partial charge in [-0.2, -0.15) is 0 Å². The van der Waals surface area contributed by atoms with E-state index in [1.807, 2.05) is 6.07 Å². The van der Waals surface area contributed by atoms with Gasteiger partial charge in [0.25, 0.3) is 5.91 Å². The lowest BCUT2D eigenvalue weighted by molar-refractivity contribution is -0.130. The molecule has 4 nitrogen and oxygen atoms in total. The van der Waals surface area contributed by atoms with Crippen molar-refractivity contribution >= 4 is 33.4 Å². The Kier molecular flexibility index (Phi) is 3.07. The lowest BCUT2D eigenvalue weighted by Gasteiger charge is -2.29. The fraction of sp³-hybridized carbons (Fsp3) is 0.273. The van der Waals surface area contributed by atoms with Crippen LogP contribution in [0.15, 0.2) is 28.7 Å². The van der Waals surface area contributed by atoms with Crippen LogP contribution in [0.4, 0.5) is 5.69 Å². The average molecular weight is 283 g/mol. The first-order chi connectivity index (χ1) is 7.61. The van der Waals surface area contributed by atoms with Crippen molar-refractivity contribution in [2.24, 2.45) is 5.73 Å². The minimum absolute atomic E-state index is 0.196. The SMILES string of the molecule is NC1CCC(=O)N(c2ccccc2Br)C1=O. The maximum atomic E-state index is 11.8. The van der Waals surface area contributed by atoms with Crippen molar-refractivity contribution in [1.82, 2.24) is 0 Å². The maximum Gasteiger partial charge on any atom is 0.250 e. The summed E-state index contributed by atoms with van der Waals surface area (Å²) < 4.78 is 0.714. The van der Waals surface area contributed by atoms with Gasteiger partial charge in [0, 0.05) is 10.9 Å². The first-order valence-electron chi connectivity index (χ1n) is 4.98. The van der Waals surface area contributed by atoms with Crippen LogP contribution in [0.25, 0.3) is 0 Å². The molecule has 0 spiro atoms. The van der Waals surface area contributed by atoms with Crippen molar-refractivity contribution in [2.45, 2.75) is 18.9 Å². The maximum absolute atomic E-state index is 11.8. The van der Waals surface area contributed by atoms with Gasteiger partial charge in [0.2, 0.25) is 5.91 Å².